The molecule has 0 saturated carbocycles. The summed E-state index contributed by atoms with van der Waals surface area (Å²) in [6, 6.07) is 8.27. The van der Waals surface area contributed by atoms with Crippen LogP contribution >= 0.6 is 0 Å². The second-order valence-corrected chi connectivity index (χ2v) is 4.84. The van der Waals surface area contributed by atoms with Crippen molar-refractivity contribution in [1.82, 2.24) is 14.9 Å². The number of nitrogens with one attached hydrogen (secondary N) is 1. The molecule has 1 aromatic carbocycles. The Balaban J connectivity index is 2.12. The second-order valence-electron chi connectivity index (χ2n) is 4.84. The lowest BCUT2D eigenvalue weighted by atomic mass is 10.2. The molecule has 1 heterocycles. The van der Waals surface area contributed by atoms with Crippen molar-refractivity contribution >= 4 is 11.0 Å². The third kappa shape index (κ3) is 3.41. The molecular weight excluding hydrogens is 238 g/mol. The Labute approximate surface area is 113 Å². The summed E-state index contributed by atoms with van der Waals surface area (Å²) >= 11 is 0. The Bertz CT molecular complexity index is 591. The third-order valence-electron chi connectivity index (χ3n) is 3.32. The van der Waals surface area contributed by atoms with Crippen molar-refractivity contribution in [2.75, 3.05) is 6.54 Å². The number of aryl methyl sites for hydroxylation is 1. The molecule has 2 aromatic rings. The van der Waals surface area contributed by atoms with Crippen molar-refractivity contribution in [2.45, 2.75) is 39.3 Å². The maximum atomic E-state index is 11.9. The average Bonchev–Trinajstić information content (AvgIpc) is 2.41. The molecule has 2 rings (SSSR count). The molecule has 0 radical (unpaired) electrons. The standard InChI is InChI=1S/C15H21N3O/c1-3-16-12(2)7-6-10-18-14-9-5-4-8-13(14)17-11-15(18)19/h4-5,8-9,11-12,16H,3,6-7,10H2,1-2H3. The van der Waals surface area contributed by atoms with Crippen LogP contribution in [-0.2, 0) is 6.54 Å². The largest absolute Gasteiger partial charge is 0.315 e. The maximum Gasteiger partial charge on any atom is 0.269 e. The molecule has 0 saturated heterocycles. The highest BCUT2D eigenvalue weighted by atomic mass is 16.1. The lowest BCUT2D eigenvalue weighted by Crippen LogP contribution is -2.26. The Hall–Kier alpha value is -1.68. The monoisotopic (exact) mass is 259 g/mol. The van der Waals surface area contributed by atoms with Crippen LogP contribution in [0.15, 0.2) is 35.3 Å². The van der Waals surface area contributed by atoms with Gasteiger partial charge in [0.25, 0.3) is 5.56 Å². The van der Waals surface area contributed by atoms with Crippen LogP contribution in [0, 0.1) is 0 Å². The molecule has 4 heteroatoms. The van der Waals surface area contributed by atoms with Crippen LogP contribution < -0.4 is 10.9 Å². The summed E-state index contributed by atoms with van der Waals surface area (Å²) in [5.41, 5.74) is 1.78. The number of para-hydroxylation sites is 2. The molecule has 0 aliphatic rings. The van der Waals surface area contributed by atoms with Crippen LogP contribution in [0.25, 0.3) is 11.0 Å². The number of nitrogens with zero attached hydrogens (tertiary/aromatic N) is 2. The summed E-state index contributed by atoms with van der Waals surface area (Å²) < 4.78 is 1.82. The fourth-order valence-corrected chi connectivity index (χ4v) is 2.35. The Morgan fingerprint density at radius 1 is 1.37 bits per heavy atom. The quantitative estimate of drug-likeness (QED) is 0.865. The van der Waals surface area contributed by atoms with Gasteiger partial charge in [-0.15, -0.1) is 0 Å². The van der Waals surface area contributed by atoms with Crippen molar-refractivity contribution < 1.29 is 0 Å². The van der Waals surface area contributed by atoms with E-state index in [4.69, 9.17) is 0 Å². The lowest BCUT2D eigenvalue weighted by molar-refractivity contribution is 0.486. The lowest BCUT2D eigenvalue weighted by Gasteiger charge is -2.13. The average molecular weight is 259 g/mol. The zero-order valence-corrected chi connectivity index (χ0v) is 11.6. The first-order chi connectivity index (χ1) is 9.22. The summed E-state index contributed by atoms with van der Waals surface area (Å²) in [4.78, 5) is 16.1. The summed E-state index contributed by atoms with van der Waals surface area (Å²) in [6.45, 7) is 6.02. The summed E-state index contributed by atoms with van der Waals surface area (Å²) in [6.07, 6.45) is 3.47. The van der Waals surface area contributed by atoms with Gasteiger partial charge in [-0.05, 0) is 38.4 Å². The first-order valence-electron chi connectivity index (χ1n) is 6.90. The van der Waals surface area contributed by atoms with E-state index in [1.807, 2.05) is 28.8 Å². The molecule has 0 aliphatic heterocycles. The van der Waals surface area contributed by atoms with Gasteiger partial charge in [0, 0.05) is 12.6 Å². The van der Waals surface area contributed by atoms with E-state index in [0.29, 0.717) is 6.04 Å². The molecule has 0 fully saturated rings. The van der Waals surface area contributed by atoms with Gasteiger partial charge in [0.05, 0.1) is 17.2 Å². The van der Waals surface area contributed by atoms with Crippen LogP contribution in [0.5, 0.6) is 0 Å². The third-order valence-corrected chi connectivity index (χ3v) is 3.32. The maximum absolute atomic E-state index is 11.9. The molecule has 102 valence electrons. The predicted molar refractivity (Wildman–Crippen MR) is 78.4 cm³/mol. The van der Waals surface area contributed by atoms with Crippen molar-refractivity contribution in [3.8, 4) is 0 Å². The van der Waals surface area contributed by atoms with Crippen LogP contribution in [0.2, 0.25) is 0 Å². The van der Waals surface area contributed by atoms with Crippen molar-refractivity contribution in [1.29, 1.82) is 0 Å². The van der Waals surface area contributed by atoms with E-state index >= 15 is 0 Å². The number of rotatable bonds is 6. The zero-order valence-electron chi connectivity index (χ0n) is 11.6. The van der Waals surface area contributed by atoms with Gasteiger partial charge in [0.2, 0.25) is 0 Å². The summed E-state index contributed by atoms with van der Waals surface area (Å²) in [7, 11) is 0. The summed E-state index contributed by atoms with van der Waals surface area (Å²) in [5.74, 6) is 0. The van der Waals surface area contributed by atoms with Gasteiger partial charge >= 0.3 is 0 Å². The molecule has 1 aromatic heterocycles. The molecule has 1 N–H and O–H groups in total. The van der Waals surface area contributed by atoms with Gasteiger partial charge in [0.15, 0.2) is 0 Å². The molecule has 4 nitrogen and oxygen atoms in total. The Morgan fingerprint density at radius 2 is 2.16 bits per heavy atom. The van der Waals surface area contributed by atoms with E-state index in [2.05, 4.69) is 24.1 Å². The van der Waals surface area contributed by atoms with Crippen LogP contribution in [-0.4, -0.2) is 22.1 Å². The van der Waals surface area contributed by atoms with Gasteiger partial charge < -0.3 is 9.88 Å². The van der Waals surface area contributed by atoms with E-state index in [0.717, 1.165) is 37.0 Å². The van der Waals surface area contributed by atoms with Gasteiger partial charge in [-0.1, -0.05) is 19.1 Å². The minimum atomic E-state index is -0.0187. The first kappa shape index (κ1) is 13.7. The van der Waals surface area contributed by atoms with E-state index in [9.17, 15) is 4.79 Å². The van der Waals surface area contributed by atoms with Crippen LogP contribution in [0.1, 0.15) is 26.7 Å². The van der Waals surface area contributed by atoms with Crippen molar-refractivity contribution in [3.63, 3.8) is 0 Å². The van der Waals surface area contributed by atoms with Gasteiger partial charge in [-0.3, -0.25) is 4.79 Å². The predicted octanol–water partition coefficient (Wildman–Crippen LogP) is 2.17. The van der Waals surface area contributed by atoms with Crippen LogP contribution in [0.3, 0.4) is 0 Å². The summed E-state index contributed by atoms with van der Waals surface area (Å²) in [5, 5.41) is 3.38. The molecule has 1 atom stereocenters. The minimum Gasteiger partial charge on any atom is -0.315 e. The molecule has 0 amide bonds. The highest BCUT2D eigenvalue weighted by Crippen LogP contribution is 2.09. The Morgan fingerprint density at radius 3 is 2.95 bits per heavy atom. The van der Waals surface area contributed by atoms with Crippen LogP contribution in [0.4, 0.5) is 0 Å². The number of benzene rings is 1. The van der Waals surface area contributed by atoms with Gasteiger partial charge in [0.1, 0.15) is 0 Å². The highest BCUT2D eigenvalue weighted by Gasteiger charge is 2.05. The fourth-order valence-electron chi connectivity index (χ4n) is 2.35. The number of hydrogen-bond acceptors (Lipinski definition) is 3. The van der Waals surface area contributed by atoms with Crippen molar-refractivity contribution in [3.05, 3.63) is 40.8 Å². The first-order valence-corrected chi connectivity index (χ1v) is 6.90. The molecule has 0 aliphatic carbocycles. The Kier molecular flexibility index (Phi) is 4.68. The highest BCUT2D eigenvalue weighted by molar-refractivity contribution is 5.74. The van der Waals surface area contributed by atoms with Gasteiger partial charge in [-0.25, -0.2) is 4.98 Å². The number of fused-ring (bicyclic) bond motifs is 1. The fraction of sp³-hybridized carbons (Fsp3) is 0.467. The molecule has 0 bridgehead atoms. The van der Waals surface area contributed by atoms with Crippen molar-refractivity contribution in [2.24, 2.45) is 0 Å². The molecular formula is C15H21N3O. The van der Waals surface area contributed by atoms with E-state index < -0.39 is 0 Å². The van der Waals surface area contributed by atoms with E-state index in [-0.39, 0.29) is 5.56 Å². The number of hydrogen-bond donors (Lipinski definition) is 1. The normalized spacial score (nSPS) is 12.7. The molecule has 19 heavy (non-hydrogen) atoms. The molecule has 1 unspecified atom stereocenters. The topological polar surface area (TPSA) is 46.9 Å². The SMILES string of the molecule is CCNC(C)CCCn1c(=O)cnc2ccccc21. The smallest absolute Gasteiger partial charge is 0.269 e. The second kappa shape index (κ2) is 6.48. The number of aromatic nitrogens is 2. The van der Waals surface area contributed by atoms with E-state index in [1.165, 1.54) is 6.20 Å². The van der Waals surface area contributed by atoms with Gasteiger partial charge in [-0.2, -0.15) is 0 Å². The zero-order chi connectivity index (χ0) is 13.7. The minimum absolute atomic E-state index is 0.0187. The molecule has 0 spiro atoms. The van der Waals surface area contributed by atoms with E-state index in [1.54, 1.807) is 0 Å².